The van der Waals surface area contributed by atoms with E-state index in [1.165, 1.54) is 17.7 Å². The van der Waals surface area contributed by atoms with E-state index in [1.807, 2.05) is 44.2 Å². The molecule has 2 N–H and O–H groups in total. The molecule has 1 heterocycles. The van der Waals surface area contributed by atoms with Crippen molar-refractivity contribution in [1.82, 2.24) is 9.97 Å². The van der Waals surface area contributed by atoms with Gasteiger partial charge in [0, 0.05) is 24.0 Å². The zero-order valence-corrected chi connectivity index (χ0v) is 13.7. The third-order valence-corrected chi connectivity index (χ3v) is 3.52. The number of halogens is 1. The first-order valence-electron chi connectivity index (χ1n) is 7.76. The summed E-state index contributed by atoms with van der Waals surface area (Å²) in [7, 11) is 0. The van der Waals surface area contributed by atoms with Gasteiger partial charge in [-0.25, -0.2) is 9.37 Å². The Morgan fingerprint density at radius 3 is 2.50 bits per heavy atom. The highest BCUT2D eigenvalue weighted by Gasteiger charge is 2.03. The maximum Gasteiger partial charge on any atom is 0.229 e. The highest BCUT2D eigenvalue weighted by atomic mass is 19.1. The van der Waals surface area contributed by atoms with Crippen LogP contribution in [0.5, 0.6) is 0 Å². The molecule has 3 aromatic rings. The number of nitrogens with zero attached hydrogens (tertiary/aromatic N) is 2. The van der Waals surface area contributed by atoms with E-state index >= 15 is 0 Å². The van der Waals surface area contributed by atoms with E-state index in [9.17, 15) is 4.39 Å². The fourth-order valence-electron chi connectivity index (χ4n) is 2.36. The van der Waals surface area contributed by atoms with E-state index in [1.54, 1.807) is 12.1 Å². The van der Waals surface area contributed by atoms with E-state index in [-0.39, 0.29) is 5.82 Å². The van der Waals surface area contributed by atoms with Crippen LogP contribution < -0.4 is 10.6 Å². The molecular weight excluding hydrogens is 303 g/mol. The number of hydrogen-bond donors (Lipinski definition) is 2. The Morgan fingerprint density at radius 1 is 0.958 bits per heavy atom. The number of nitrogens with one attached hydrogen (secondary N) is 2. The normalized spacial score (nSPS) is 10.5. The van der Waals surface area contributed by atoms with Gasteiger partial charge >= 0.3 is 0 Å². The van der Waals surface area contributed by atoms with Gasteiger partial charge in [-0.3, -0.25) is 0 Å². The van der Waals surface area contributed by atoms with Gasteiger partial charge < -0.3 is 10.6 Å². The van der Waals surface area contributed by atoms with Gasteiger partial charge in [-0.05, 0) is 49.2 Å². The van der Waals surface area contributed by atoms with E-state index in [0.717, 1.165) is 22.8 Å². The molecule has 0 aliphatic carbocycles. The molecule has 3 rings (SSSR count). The largest absolute Gasteiger partial charge is 0.366 e. The zero-order chi connectivity index (χ0) is 16.9. The number of aryl methyl sites for hydroxylation is 2. The number of rotatable bonds is 5. The molecule has 0 unspecified atom stereocenters. The molecule has 0 saturated carbocycles. The molecule has 4 nitrogen and oxygen atoms in total. The minimum absolute atomic E-state index is 0.235. The molecule has 122 valence electrons. The average molecular weight is 322 g/mol. The van der Waals surface area contributed by atoms with Crippen LogP contribution in [-0.2, 0) is 6.54 Å². The van der Waals surface area contributed by atoms with Crippen molar-refractivity contribution in [1.29, 1.82) is 0 Å². The van der Waals surface area contributed by atoms with Crippen molar-refractivity contribution in [2.45, 2.75) is 20.4 Å². The van der Waals surface area contributed by atoms with Crippen LogP contribution in [0.15, 0.2) is 54.6 Å². The summed E-state index contributed by atoms with van der Waals surface area (Å²) in [6.07, 6.45) is 0. The molecule has 0 atom stereocenters. The summed E-state index contributed by atoms with van der Waals surface area (Å²) in [4.78, 5) is 8.90. The Morgan fingerprint density at radius 2 is 1.75 bits per heavy atom. The first-order valence-corrected chi connectivity index (χ1v) is 7.76. The lowest BCUT2D eigenvalue weighted by atomic mass is 10.2. The molecular formula is C19H19FN4. The van der Waals surface area contributed by atoms with Crippen molar-refractivity contribution in [2.75, 3.05) is 10.6 Å². The molecule has 0 saturated heterocycles. The molecule has 0 spiro atoms. The average Bonchev–Trinajstić information content (AvgIpc) is 2.54. The zero-order valence-electron chi connectivity index (χ0n) is 13.7. The highest BCUT2D eigenvalue weighted by molar-refractivity contribution is 5.56. The lowest BCUT2D eigenvalue weighted by Crippen LogP contribution is -2.05. The second-order valence-electron chi connectivity index (χ2n) is 5.69. The van der Waals surface area contributed by atoms with E-state index in [0.29, 0.717) is 12.5 Å². The minimum Gasteiger partial charge on any atom is -0.366 e. The summed E-state index contributed by atoms with van der Waals surface area (Å²) < 4.78 is 12.9. The van der Waals surface area contributed by atoms with Crippen LogP contribution in [0.4, 0.5) is 21.8 Å². The predicted molar refractivity (Wildman–Crippen MR) is 95.0 cm³/mol. The Hall–Kier alpha value is -2.95. The topological polar surface area (TPSA) is 49.8 Å². The quantitative estimate of drug-likeness (QED) is 0.721. The smallest absolute Gasteiger partial charge is 0.229 e. The molecule has 0 aliphatic heterocycles. The molecule has 0 amide bonds. The van der Waals surface area contributed by atoms with Crippen molar-refractivity contribution in [3.63, 3.8) is 0 Å². The number of aromatic nitrogens is 2. The van der Waals surface area contributed by atoms with Gasteiger partial charge in [0.15, 0.2) is 0 Å². The number of anilines is 3. The van der Waals surface area contributed by atoms with E-state index in [2.05, 4.69) is 20.6 Å². The SMILES string of the molecule is Cc1cccc(Nc2nc(C)cc(NCc3ccc(F)cc3)n2)c1. The molecule has 24 heavy (non-hydrogen) atoms. The predicted octanol–water partition coefficient (Wildman–Crippen LogP) is 4.59. The van der Waals surface area contributed by atoms with Gasteiger partial charge in [0.25, 0.3) is 0 Å². The molecule has 2 aromatic carbocycles. The number of hydrogen-bond acceptors (Lipinski definition) is 4. The van der Waals surface area contributed by atoms with Gasteiger partial charge in [-0.15, -0.1) is 0 Å². The van der Waals surface area contributed by atoms with Crippen LogP contribution in [0.3, 0.4) is 0 Å². The fourth-order valence-corrected chi connectivity index (χ4v) is 2.36. The van der Waals surface area contributed by atoms with Crippen LogP contribution >= 0.6 is 0 Å². The monoisotopic (exact) mass is 322 g/mol. The minimum atomic E-state index is -0.235. The standard InChI is InChI=1S/C19H19FN4/c1-13-4-3-5-17(10-13)23-19-22-14(2)11-18(24-19)21-12-15-6-8-16(20)9-7-15/h3-11H,12H2,1-2H3,(H2,21,22,23,24). The van der Waals surface area contributed by atoms with Crippen molar-refractivity contribution < 1.29 is 4.39 Å². The van der Waals surface area contributed by atoms with Gasteiger partial charge in [0.1, 0.15) is 11.6 Å². The van der Waals surface area contributed by atoms with Gasteiger partial charge in [0.2, 0.25) is 5.95 Å². The second kappa shape index (κ2) is 7.08. The third-order valence-electron chi connectivity index (χ3n) is 3.52. The van der Waals surface area contributed by atoms with E-state index in [4.69, 9.17) is 0 Å². The van der Waals surface area contributed by atoms with Crippen LogP contribution in [0, 0.1) is 19.7 Å². The maximum absolute atomic E-state index is 12.9. The van der Waals surface area contributed by atoms with Crippen molar-refractivity contribution in [2.24, 2.45) is 0 Å². The first kappa shape index (κ1) is 15.9. The Bertz CT molecular complexity index is 831. The highest BCUT2D eigenvalue weighted by Crippen LogP contribution is 2.17. The molecule has 0 radical (unpaired) electrons. The molecule has 0 bridgehead atoms. The van der Waals surface area contributed by atoms with Crippen LogP contribution in [0.1, 0.15) is 16.8 Å². The van der Waals surface area contributed by atoms with E-state index < -0.39 is 0 Å². The van der Waals surface area contributed by atoms with Crippen molar-refractivity contribution in [3.8, 4) is 0 Å². The van der Waals surface area contributed by atoms with Gasteiger partial charge in [-0.1, -0.05) is 24.3 Å². The lowest BCUT2D eigenvalue weighted by Gasteiger charge is -2.10. The van der Waals surface area contributed by atoms with Gasteiger partial charge in [0.05, 0.1) is 0 Å². The summed E-state index contributed by atoms with van der Waals surface area (Å²) in [6, 6.07) is 16.3. The summed E-state index contributed by atoms with van der Waals surface area (Å²) >= 11 is 0. The molecule has 0 fully saturated rings. The fraction of sp³-hybridized carbons (Fsp3) is 0.158. The first-order chi connectivity index (χ1) is 11.6. The molecule has 0 aliphatic rings. The lowest BCUT2D eigenvalue weighted by molar-refractivity contribution is 0.627. The second-order valence-corrected chi connectivity index (χ2v) is 5.69. The summed E-state index contributed by atoms with van der Waals surface area (Å²) in [5, 5.41) is 6.47. The van der Waals surface area contributed by atoms with Crippen molar-refractivity contribution in [3.05, 3.63) is 77.2 Å². The van der Waals surface area contributed by atoms with Gasteiger partial charge in [-0.2, -0.15) is 4.98 Å². The summed E-state index contributed by atoms with van der Waals surface area (Å²) in [6.45, 7) is 4.53. The van der Waals surface area contributed by atoms with Crippen LogP contribution in [0.25, 0.3) is 0 Å². The maximum atomic E-state index is 12.9. The number of benzene rings is 2. The molecule has 1 aromatic heterocycles. The summed E-state index contributed by atoms with van der Waals surface area (Å²) in [5.74, 6) is 1.03. The third kappa shape index (κ3) is 4.29. The van der Waals surface area contributed by atoms with Crippen LogP contribution in [0.2, 0.25) is 0 Å². The summed E-state index contributed by atoms with van der Waals surface area (Å²) in [5.41, 5.74) is 3.97. The molecule has 5 heteroatoms. The Labute approximate surface area is 140 Å². The van der Waals surface area contributed by atoms with Crippen molar-refractivity contribution >= 4 is 17.5 Å². The van der Waals surface area contributed by atoms with Crippen LogP contribution in [-0.4, -0.2) is 9.97 Å². The Balaban J connectivity index is 1.72. The Kier molecular flexibility index (Phi) is 4.70.